The molecule has 17 heavy (non-hydrogen) atoms. The maximum absolute atomic E-state index is 11.9. The first-order valence-electron chi connectivity index (χ1n) is 6.25. The molecule has 1 aliphatic rings. The van der Waals surface area contributed by atoms with Crippen LogP contribution in [0.4, 0.5) is 5.69 Å². The van der Waals surface area contributed by atoms with Gasteiger partial charge in [-0.2, -0.15) is 5.10 Å². The summed E-state index contributed by atoms with van der Waals surface area (Å²) in [6.45, 7) is 5.05. The molecule has 5 nitrogen and oxygen atoms in total. The molecule has 94 valence electrons. The number of rotatable bonds is 3. The summed E-state index contributed by atoms with van der Waals surface area (Å²) in [5, 5.41) is 10.3. The number of nitrogens with zero attached hydrogens (tertiary/aromatic N) is 2. The number of hydrogen-bond donors (Lipinski definition) is 2. The van der Waals surface area contributed by atoms with Crippen molar-refractivity contribution in [3.63, 3.8) is 0 Å². The monoisotopic (exact) mass is 236 g/mol. The van der Waals surface area contributed by atoms with Crippen molar-refractivity contribution in [1.29, 1.82) is 0 Å². The van der Waals surface area contributed by atoms with Gasteiger partial charge in [-0.3, -0.25) is 9.48 Å². The van der Waals surface area contributed by atoms with E-state index in [1.54, 1.807) is 6.20 Å². The van der Waals surface area contributed by atoms with Crippen molar-refractivity contribution in [2.75, 3.05) is 11.9 Å². The van der Waals surface area contributed by atoms with E-state index in [2.05, 4.69) is 29.6 Å². The lowest BCUT2D eigenvalue weighted by Crippen LogP contribution is -2.43. The molecule has 1 aliphatic heterocycles. The van der Waals surface area contributed by atoms with Crippen LogP contribution in [0.5, 0.6) is 0 Å². The predicted molar refractivity (Wildman–Crippen MR) is 66.9 cm³/mol. The molecule has 2 heterocycles. The minimum atomic E-state index is -0.0499. The van der Waals surface area contributed by atoms with Crippen molar-refractivity contribution in [2.45, 2.75) is 45.2 Å². The Hall–Kier alpha value is -1.36. The second-order valence-electron chi connectivity index (χ2n) is 4.79. The van der Waals surface area contributed by atoms with Gasteiger partial charge in [-0.1, -0.05) is 6.42 Å². The van der Waals surface area contributed by atoms with Gasteiger partial charge in [-0.25, -0.2) is 0 Å². The maximum atomic E-state index is 11.9. The lowest BCUT2D eigenvalue weighted by atomic mass is 10.0. The molecule has 1 aromatic rings. The first-order chi connectivity index (χ1) is 8.16. The first-order valence-corrected chi connectivity index (χ1v) is 6.25. The van der Waals surface area contributed by atoms with Gasteiger partial charge in [-0.05, 0) is 33.2 Å². The summed E-state index contributed by atoms with van der Waals surface area (Å²) in [5.41, 5.74) is 0.774. The van der Waals surface area contributed by atoms with E-state index >= 15 is 0 Å². The maximum Gasteiger partial charge on any atom is 0.241 e. The normalized spacial score (nSPS) is 20.5. The van der Waals surface area contributed by atoms with E-state index in [0.29, 0.717) is 6.04 Å². The second kappa shape index (κ2) is 5.31. The number of piperidine rings is 1. The number of carbonyl (C=O) groups excluding carboxylic acids is 1. The van der Waals surface area contributed by atoms with E-state index in [1.807, 2.05) is 10.9 Å². The molecule has 2 N–H and O–H groups in total. The highest BCUT2D eigenvalue weighted by Gasteiger charge is 2.20. The quantitative estimate of drug-likeness (QED) is 0.837. The molecule has 0 aliphatic carbocycles. The molecule has 0 saturated carbocycles. The largest absolute Gasteiger partial charge is 0.322 e. The molecule has 0 radical (unpaired) electrons. The van der Waals surface area contributed by atoms with Crippen LogP contribution in [0.1, 0.15) is 39.2 Å². The Labute approximate surface area is 102 Å². The smallest absolute Gasteiger partial charge is 0.241 e. The summed E-state index contributed by atoms with van der Waals surface area (Å²) in [4.78, 5) is 11.9. The van der Waals surface area contributed by atoms with Crippen LogP contribution in [0.25, 0.3) is 0 Å². The second-order valence-corrected chi connectivity index (χ2v) is 4.79. The molecule has 1 amide bonds. The zero-order valence-electron chi connectivity index (χ0n) is 10.4. The molecule has 2 rings (SSSR count). The average Bonchev–Trinajstić information content (AvgIpc) is 2.79. The van der Waals surface area contributed by atoms with E-state index in [-0.39, 0.29) is 11.9 Å². The zero-order valence-corrected chi connectivity index (χ0v) is 10.4. The number of aromatic nitrogens is 2. The van der Waals surface area contributed by atoms with Gasteiger partial charge in [0.05, 0.1) is 17.9 Å². The van der Waals surface area contributed by atoms with E-state index < -0.39 is 0 Å². The minimum Gasteiger partial charge on any atom is -0.322 e. The summed E-state index contributed by atoms with van der Waals surface area (Å²) in [7, 11) is 0. The molecule has 1 aromatic heterocycles. The Morgan fingerprint density at radius 1 is 1.59 bits per heavy atom. The third-order valence-electron chi connectivity index (χ3n) is 3.02. The van der Waals surface area contributed by atoms with Gasteiger partial charge in [0.2, 0.25) is 5.91 Å². The van der Waals surface area contributed by atoms with Crippen LogP contribution in [0, 0.1) is 0 Å². The van der Waals surface area contributed by atoms with Crippen LogP contribution < -0.4 is 10.6 Å². The van der Waals surface area contributed by atoms with E-state index in [4.69, 9.17) is 0 Å². The summed E-state index contributed by atoms with van der Waals surface area (Å²) in [5.74, 6) is 0.0491. The number of nitrogens with one attached hydrogen (secondary N) is 2. The van der Waals surface area contributed by atoms with Crippen molar-refractivity contribution >= 4 is 11.6 Å². The van der Waals surface area contributed by atoms with Crippen LogP contribution in [-0.2, 0) is 4.79 Å². The minimum absolute atomic E-state index is 0.0491. The highest BCUT2D eigenvalue weighted by Crippen LogP contribution is 2.12. The number of amides is 1. The van der Waals surface area contributed by atoms with Gasteiger partial charge in [0, 0.05) is 12.2 Å². The van der Waals surface area contributed by atoms with Crippen LogP contribution in [0.15, 0.2) is 12.4 Å². The molecule has 0 aromatic carbocycles. The molecule has 0 bridgehead atoms. The van der Waals surface area contributed by atoms with Gasteiger partial charge >= 0.3 is 0 Å². The highest BCUT2D eigenvalue weighted by molar-refractivity contribution is 5.94. The van der Waals surface area contributed by atoms with Crippen molar-refractivity contribution in [2.24, 2.45) is 0 Å². The standard InChI is InChI=1S/C12H20N4O/c1-9(2)16-8-10(7-14-16)15-12(17)11-5-3-4-6-13-11/h7-9,11,13H,3-6H2,1-2H3,(H,15,17)/t11-/m1/s1. The summed E-state index contributed by atoms with van der Waals surface area (Å²) < 4.78 is 1.84. The molecule has 0 spiro atoms. The van der Waals surface area contributed by atoms with Crippen LogP contribution in [0.2, 0.25) is 0 Å². The summed E-state index contributed by atoms with van der Waals surface area (Å²) in [6, 6.07) is 0.264. The van der Waals surface area contributed by atoms with E-state index in [9.17, 15) is 4.79 Å². The molecule has 1 fully saturated rings. The fraction of sp³-hybridized carbons (Fsp3) is 0.667. The molecular formula is C12H20N4O. The number of anilines is 1. The van der Waals surface area contributed by atoms with Crippen molar-refractivity contribution in [3.8, 4) is 0 Å². The summed E-state index contributed by atoms with van der Waals surface area (Å²) in [6.07, 6.45) is 6.77. The molecule has 5 heteroatoms. The lowest BCUT2D eigenvalue weighted by Gasteiger charge is -2.22. The van der Waals surface area contributed by atoms with Crippen LogP contribution >= 0.6 is 0 Å². The fourth-order valence-electron chi connectivity index (χ4n) is 1.99. The van der Waals surface area contributed by atoms with Gasteiger partial charge in [-0.15, -0.1) is 0 Å². The van der Waals surface area contributed by atoms with E-state index in [0.717, 1.165) is 31.5 Å². The van der Waals surface area contributed by atoms with Crippen LogP contribution in [-0.4, -0.2) is 28.3 Å². The Bertz CT molecular complexity index is 380. The Balaban J connectivity index is 1.92. The average molecular weight is 236 g/mol. The number of hydrogen-bond acceptors (Lipinski definition) is 3. The fourth-order valence-corrected chi connectivity index (χ4v) is 1.99. The van der Waals surface area contributed by atoms with Crippen molar-refractivity contribution in [1.82, 2.24) is 15.1 Å². The van der Waals surface area contributed by atoms with Gasteiger partial charge in [0.15, 0.2) is 0 Å². The molecular weight excluding hydrogens is 216 g/mol. The van der Waals surface area contributed by atoms with Gasteiger partial charge < -0.3 is 10.6 Å². The molecule has 1 atom stereocenters. The third kappa shape index (κ3) is 3.06. The highest BCUT2D eigenvalue weighted by atomic mass is 16.2. The van der Waals surface area contributed by atoms with Gasteiger partial charge in [0.1, 0.15) is 0 Å². The topological polar surface area (TPSA) is 59.0 Å². The number of carbonyl (C=O) groups is 1. The van der Waals surface area contributed by atoms with Crippen molar-refractivity contribution < 1.29 is 4.79 Å². The molecule has 0 unspecified atom stereocenters. The first kappa shape index (κ1) is 12.1. The molecule has 1 saturated heterocycles. The third-order valence-corrected chi connectivity index (χ3v) is 3.02. The Kier molecular flexibility index (Phi) is 3.78. The van der Waals surface area contributed by atoms with Crippen molar-refractivity contribution in [3.05, 3.63) is 12.4 Å². The SMILES string of the molecule is CC(C)n1cc(NC(=O)[C@H]2CCCCN2)cn1. The zero-order chi connectivity index (χ0) is 12.3. The predicted octanol–water partition coefficient (Wildman–Crippen LogP) is 1.54. The van der Waals surface area contributed by atoms with E-state index in [1.165, 1.54) is 0 Å². The van der Waals surface area contributed by atoms with Gasteiger partial charge in [0.25, 0.3) is 0 Å². The Morgan fingerprint density at radius 2 is 2.41 bits per heavy atom. The summed E-state index contributed by atoms with van der Waals surface area (Å²) >= 11 is 0. The lowest BCUT2D eigenvalue weighted by molar-refractivity contribution is -0.118. The Morgan fingerprint density at radius 3 is 3.00 bits per heavy atom. The van der Waals surface area contributed by atoms with Crippen LogP contribution in [0.3, 0.4) is 0 Å².